The molecule has 1 atom stereocenters. The third-order valence-electron chi connectivity index (χ3n) is 2.93. The summed E-state index contributed by atoms with van der Waals surface area (Å²) < 4.78 is 5.41. The predicted molar refractivity (Wildman–Crippen MR) is 75.9 cm³/mol. The molecule has 19 heavy (non-hydrogen) atoms. The van der Waals surface area contributed by atoms with Crippen LogP contribution in [0.15, 0.2) is 48.8 Å². The van der Waals surface area contributed by atoms with E-state index in [0.29, 0.717) is 24.4 Å². The van der Waals surface area contributed by atoms with Crippen molar-refractivity contribution >= 4 is 5.69 Å². The first-order valence-corrected chi connectivity index (χ1v) is 6.16. The maximum absolute atomic E-state index is 11.0. The van der Waals surface area contributed by atoms with E-state index in [-0.39, 0.29) is 16.5 Å². The molecule has 0 fully saturated rings. The summed E-state index contributed by atoms with van der Waals surface area (Å²) in [6, 6.07) is 6.72. The van der Waals surface area contributed by atoms with E-state index in [0.717, 1.165) is 5.57 Å². The van der Waals surface area contributed by atoms with Crippen molar-refractivity contribution in [3.63, 3.8) is 0 Å². The van der Waals surface area contributed by atoms with Gasteiger partial charge in [-0.3, -0.25) is 10.1 Å². The summed E-state index contributed by atoms with van der Waals surface area (Å²) in [5.41, 5.74) is 1.68. The number of allylic oxidation sites excluding steroid dienone is 1. The highest BCUT2D eigenvalue weighted by Crippen LogP contribution is 2.28. The largest absolute Gasteiger partial charge is 0.498 e. The monoisotopic (exact) mass is 261 g/mol. The predicted octanol–water partition coefficient (Wildman–Crippen LogP) is 3.88. The van der Waals surface area contributed by atoms with Gasteiger partial charge in [0.25, 0.3) is 5.69 Å². The lowest BCUT2D eigenvalue weighted by Crippen LogP contribution is -2.12. The highest BCUT2D eigenvalue weighted by molar-refractivity contribution is 5.41. The fourth-order valence-corrected chi connectivity index (χ4v) is 1.93. The Morgan fingerprint density at radius 3 is 2.58 bits per heavy atom. The normalized spacial score (nSPS) is 11.7. The minimum Gasteiger partial charge on any atom is -0.498 e. The number of ether oxygens (including phenoxy) is 1. The Balaban J connectivity index is 3.00. The maximum atomic E-state index is 11.0. The van der Waals surface area contributed by atoms with Gasteiger partial charge in [0.2, 0.25) is 0 Å². The van der Waals surface area contributed by atoms with Gasteiger partial charge in [-0.05, 0) is 20.3 Å². The van der Waals surface area contributed by atoms with Gasteiger partial charge in [0.15, 0.2) is 0 Å². The van der Waals surface area contributed by atoms with Crippen LogP contribution in [0.25, 0.3) is 0 Å². The molecule has 0 bridgehead atoms. The van der Waals surface area contributed by atoms with E-state index in [1.54, 1.807) is 18.2 Å². The summed E-state index contributed by atoms with van der Waals surface area (Å²) in [7, 11) is 0. The third-order valence-corrected chi connectivity index (χ3v) is 2.93. The number of nitrogens with zero attached hydrogens (tertiary/aromatic N) is 1. The molecule has 102 valence electrons. The van der Waals surface area contributed by atoms with E-state index < -0.39 is 0 Å². The summed E-state index contributed by atoms with van der Waals surface area (Å²) in [6.07, 6.45) is 0.478. The number of benzene rings is 1. The molecule has 1 rings (SSSR count). The highest BCUT2D eigenvalue weighted by Gasteiger charge is 2.20. The lowest BCUT2D eigenvalue weighted by molar-refractivity contribution is -0.385. The van der Waals surface area contributed by atoms with Crippen LogP contribution in [0.1, 0.15) is 19.4 Å². The Hall–Kier alpha value is -2.10. The van der Waals surface area contributed by atoms with E-state index in [9.17, 15) is 10.1 Å². The fraction of sp³-hybridized carbons (Fsp3) is 0.333. The Morgan fingerprint density at radius 1 is 1.42 bits per heavy atom. The van der Waals surface area contributed by atoms with Gasteiger partial charge >= 0.3 is 0 Å². The highest BCUT2D eigenvalue weighted by atomic mass is 16.6. The molecule has 0 spiro atoms. The second-order valence-corrected chi connectivity index (χ2v) is 4.39. The molecule has 0 radical (unpaired) electrons. The number of nitro groups is 1. The Bertz CT molecular complexity index is 494. The maximum Gasteiger partial charge on any atom is 0.272 e. The van der Waals surface area contributed by atoms with Crippen LogP contribution in [0.4, 0.5) is 5.69 Å². The minimum atomic E-state index is -0.367. The zero-order chi connectivity index (χ0) is 14.4. The van der Waals surface area contributed by atoms with Gasteiger partial charge in [0.1, 0.15) is 0 Å². The van der Waals surface area contributed by atoms with Gasteiger partial charge in [-0.2, -0.15) is 0 Å². The molecule has 0 aliphatic heterocycles. The fourth-order valence-electron chi connectivity index (χ4n) is 1.93. The van der Waals surface area contributed by atoms with E-state index in [1.807, 2.05) is 13.8 Å². The number of hydrogen-bond acceptors (Lipinski definition) is 3. The summed E-state index contributed by atoms with van der Waals surface area (Å²) in [4.78, 5) is 10.6. The molecular formula is C15H19NO3. The van der Waals surface area contributed by atoms with Gasteiger partial charge in [-0.25, -0.2) is 0 Å². The van der Waals surface area contributed by atoms with Crippen molar-refractivity contribution in [3.8, 4) is 0 Å². The molecule has 1 aromatic carbocycles. The number of para-hydroxylation sites is 1. The number of hydrogen-bond donors (Lipinski definition) is 0. The lowest BCUT2D eigenvalue weighted by atomic mass is 9.91. The van der Waals surface area contributed by atoms with Gasteiger partial charge < -0.3 is 4.74 Å². The van der Waals surface area contributed by atoms with Crippen molar-refractivity contribution in [2.24, 2.45) is 5.92 Å². The first-order chi connectivity index (χ1) is 8.97. The van der Waals surface area contributed by atoms with Crippen LogP contribution >= 0.6 is 0 Å². The Labute approximate surface area is 113 Å². The first kappa shape index (κ1) is 15.0. The molecular weight excluding hydrogens is 242 g/mol. The molecule has 0 saturated heterocycles. The van der Waals surface area contributed by atoms with Crippen LogP contribution < -0.4 is 0 Å². The number of rotatable bonds is 7. The van der Waals surface area contributed by atoms with Crippen LogP contribution in [0.2, 0.25) is 0 Å². The molecule has 0 heterocycles. The lowest BCUT2D eigenvalue weighted by Gasteiger charge is -2.19. The second kappa shape index (κ2) is 6.73. The molecule has 0 aliphatic rings. The van der Waals surface area contributed by atoms with Crippen molar-refractivity contribution < 1.29 is 9.66 Å². The van der Waals surface area contributed by atoms with Crippen LogP contribution in [0, 0.1) is 16.0 Å². The second-order valence-electron chi connectivity index (χ2n) is 4.39. The average Bonchev–Trinajstić information content (AvgIpc) is 2.36. The van der Waals surface area contributed by atoms with Crippen molar-refractivity contribution in [1.29, 1.82) is 0 Å². The molecule has 1 unspecified atom stereocenters. The van der Waals surface area contributed by atoms with Crippen LogP contribution in [-0.2, 0) is 11.2 Å². The van der Waals surface area contributed by atoms with Crippen LogP contribution in [0.3, 0.4) is 0 Å². The van der Waals surface area contributed by atoms with Crippen LogP contribution in [-0.4, -0.2) is 11.5 Å². The molecule has 0 saturated carbocycles. The van der Waals surface area contributed by atoms with Gasteiger partial charge in [0, 0.05) is 17.5 Å². The first-order valence-electron chi connectivity index (χ1n) is 6.16. The number of nitro benzene ring substituents is 1. The zero-order valence-electron chi connectivity index (χ0n) is 11.4. The van der Waals surface area contributed by atoms with Gasteiger partial charge in [-0.15, -0.1) is 0 Å². The molecule has 0 aliphatic carbocycles. The third kappa shape index (κ3) is 3.95. The van der Waals surface area contributed by atoms with E-state index in [4.69, 9.17) is 4.74 Å². The summed E-state index contributed by atoms with van der Waals surface area (Å²) in [6.45, 7) is 12.1. The Kier molecular flexibility index (Phi) is 5.30. The molecule has 0 aromatic heterocycles. The quantitative estimate of drug-likeness (QED) is 0.324. The molecule has 0 N–H and O–H groups in total. The van der Waals surface area contributed by atoms with Crippen molar-refractivity contribution in [3.05, 3.63) is 64.4 Å². The van der Waals surface area contributed by atoms with E-state index in [1.165, 1.54) is 6.07 Å². The Morgan fingerprint density at radius 2 is 2.05 bits per heavy atom. The van der Waals surface area contributed by atoms with E-state index in [2.05, 4.69) is 13.2 Å². The van der Waals surface area contributed by atoms with Gasteiger partial charge in [-0.1, -0.05) is 36.9 Å². The smallest absolute Gasteiger partial charge is 0.272 e. The van der Waals surface area contributed by atoms with Crippen LogP contribution in [0.5, 0.6) is 0 Å². The molecule has 4 nitrogen and oxygen atoms in total. The summed E-state index contributed by atoms with van der Waals surface area (Å²) >= 11 is 0. The van der Waals surface area contributed by atoms with Crippen molar-refractivity contribution in [2.75, 3.05) is 6.61 Å². The molecule has 4 heteroatoms. The standard InChI is InChI=1S/C15H19NO3/c1-5-19-12(4)14(11(2)3)10-13-8-6-7-9-15(13)16(17)18/h6-9,14H,2,4-5,10H2,1,3H3. The van der Waals surface area contributed by atoms with E-state index >= 15 is 0 Å². The molecule has 1 aromatic rings. The summed E-state index contributed by atoms with van der Waals surface area (Å²) in [5, 5.41) is 11.0. The molecule has 0 amide bonds. The minimum absolute atomic E-state index is 0.110. The average molecular weight is 261 g/mol. The topological polar surface area (TPSA) is 52.4 Å². The summed E-state index contributed by atoms with van der Waals surface area (Å²) in [5.74, 6) is 0.495. The van der Waals surface area contributed by atoms with Gasteiger partial charge in [0.05, 0.1) is 17.3 Å². The zero-order valence-corrected chi connectivity index (χ0v) is 11.4. The van der Waals surface area contributed by atoms with Crippen molar-refractivity contribution in [1.82, 2.24) is 0 Å². The SMILES string of the molecule is C=C(C)C(Cc1ccccc1[N+](=O)[O-])C(=C)OCC. The van der Waals surface area contributed by atoms with Crippen molar-refractivity contribution in [2.45, 2.75) is 20.3 Å².